The number of fused-ring (bicyclic) bond motifs is 4. The van der Waals surface area contributed by atoms with E-state index in [1.165, 1.54) is 77.6 Å². The Labute approximate surface area is 325 Å². The molecule has 1 aliphatic rings. The minimum absolute atomic E-state index is 0.0251. The van der Waals surface area contributed by atoms with Crippen LogP contribution >= 0.6 is 0 Å². The van der Waals surface area contributed by atoms with Crippen LogP contribution < -0.4 is 4.90 Å². The zero-order chi connectivity index (χ0) is 37.2. The van der Waals surface area contributed by atoms with Crippen LogP contribution in [0.4, 0.5) is 17.1 Å². The number of nitrogens with zero attached hydrogens (tertiary/aromatic N) is 3. The van der Waals surface area contributed by atoms with Gasteiger partial charge in [-0.15, -0.1) is 0 Å². The normalized spacial score (nSPS) is 12.8. The van der Waals surface area contributed by atoms with Crippen LogP contribution in [0.3, 0.4) is 0 Å². The summed E-state index contributed by atoms with van der Waals surface area (Å²) in [5, 5.41) is 0. The Morgan fingerprint density at radius 3 is 1.80 bits per heavy atom. The third kappa shape index (κ3) is 6.24. The molecule has 7 aromatic carbocycles. The molecule has 0 fully saturated rings. The average molecular weight is 714 g/mol. The lowest BCUT2D eigenvalue weighted by Gasteiger charge is -2.33. The van der Waals surface area contributed by atoms with E-state index in [-0.39, 0.29) is 5.41 Å². The maximum atomic E-state index is 5.29. The molecule has 0 saturated carbocycles. The van der Waals surface area contributed by atoms with Crippen LogP contribution in [0.1, 0.15) is 63.5 Å². The predicted molar refractivity (Wildman–Crippen MR) is 232 cm³/mol. The van der Waals surface area contributed by atoms with Crippen LogP contribution in [0.5, 0.6) is 0 Å². The van der Waals surface area contributed by atoms with E-state index >= 15 is 0 Å². The summed E-state index contributed by atoms with van der Waals surface area (Å²) in [6.45, 7) is 4.64. The van der Waals surface area contributed by atoms with Gasteiger partial charge in [-0.05, 0) is 107 Å². The Kier molecular flexibility index (Phi) is 9.37. The Morgan fingerprint density at radius 1 is 0.491 bits per heavy atom. The zero-order valence-electron chi connectivity index (χ0n) is 31.8. The summed E-state index contributed by atoms with van der Waals surface area (Å²) < 4.78 is 2.39. The minimum Gasteiger partial charge on any atom is -0.310 e. The van der Waals surface area contributed by atoms with Crippen molar-refractivity contribution in [1.82, 2.24) is 9.55 Å². The fraction of sp³-hybridized carbons (Fsp3) is 0.173. The molecule has 1 aliphatic carbocycles. The molecule has 8 aromatic rings. The number of aromatic nitrogens is 2. The molecule has 0 aliphatic heterocycles. The highest BCUT2D eigenvalue weighted by atomic mass is 15.1. The number of benzene rings is 7. The molecular formula is C52H47N3. The molecule has 0 radical (unpaired) electrons. The van der Waals surface area contributed by atoms with Crippen LogP contribution in [-0.4, -0.2) is 9.55 Å². The van der Waals surface area contributed by atoms with E-state index in [0.717, 1.165) is 39.5 Å². The Balaban J connectivity index is 1.12. The van der Waals surface area contributed by atoms with Gasteiger partial charge in [0, 0.05) is 33.7 Å². The van der Waals surface area contributed by atoms with Gasteiger partial charge in [0.1, 0.15) is 5.82 Å². The third-order valence-corrected chi connectivity index (χ3v) is 11.6. The monoisotopic (exact) mass is 713 g/mol. The summed E-state index contributed by atoms with van der Waals surface area (Å²) >= 11 is 0. The first-order valence-electron chi connectivity index (χ1n) is 20.0. The predicted octanol–water partition coefficient (Wildman–Crippen LogP) is 14.5. The van der Waals surface area contributed by atoms with Gasteiger partial charge in [0.15, 0.2) is 0 Å². The molecule has 55 heavy (non-hydrogen) atoms. The van der Waals surface area contributed by atoms with E-state index < -0.39 is 0 Å². The summed E-state index contributed by atoms with van der Waals surface area (Å²) in [5.41, 5.74) is 15.9. The van der Waals surface area contributed by atoms with Gasteiger partial charge in [0.05, 0.1) is 11.0 Å². The quantitative estimate of drug-likeness (QED) is 0.126. The van der Waals surface area contributed by atoms with Crippen molar-refractivity contribution >= 4 is 28.1 Å². The van der Waals surface area contributed by atoms with Crippen LogP contribution in [0.2, 0.25) is 0 Å². The van der Waals surface area contributed by atoms with Crippen molar-refractivity contribution in [2.45, 2.75) is 57.8 Å². The number of para-hydroxylation sites is 4. The first-order chi connectivity index (χ1) is 27.2. The molecule has 0 atom stereocenters. The van der Waals surface area contributed by atoms with Crippen LogP contribution in [0, 0.1) is 0 Å². The van der Waals surface area contributed by atoms with E-state index in [2.05, 4.69) is 199 Å². The van der Waals surface area contributed by atoms with Crippen LogP contribution in [-0.2, 0) is 5.41 Å². The molecule has 0 amide bonds. The van der Waals surface area contributed by atoms with Crippen LogP contribution in [0.15, 0.2) is 176 Å². The van der Waals surface area contributed by atoms with Crippen molar-refractivity contribution in [3.05, 3.63) is 187 Å². The lowest BCUT2D eigenvalue weighted by atomic mass is 9.71. The molecule has 1 heterocycles. The lowest BCUT2D eigenvalue weighted by molar-refractivity contribution is 0.414. The van der Waals surface area contributed by atoms with Crippen molar-refractivity contribution < 1.29 is 0 Å². The van der Waals surface area contributed by atoms with Gasteiger partial charge in [-0.2, -0.15) is 0 Å². The van der Waals surface area contributed by atoms with Crippen LogP contribution in [0.25, 0.3) is 50.4 Å². The van der Waals surface area contributed by atoms with Gasteiger partial charge < -0.3 is 4.90 Å². The van der Waals surface area contributed by atoms with Crippen molar-refractivity contribution in [2.24, 2.45) is 0 Å². The van der Waals surface area contributed by atoms with Gasteiger partial charge in [-0.1, -0.05) is 155 Å². The molecule has 3 nitrogen and oxygen atoms in total. The molecule has 0 N–H and O–H groups in total. The SMILES string of the molecule is CCCCC1(CCCC)c2ccccc2-c2ccc(-n3c(-c4ccc(-c5cccc(N(c6ccccc6)c6ccccc6)c5)cc4)nc4ccccc43)cc21. The first-order valence-corrected chi connectivity index (χ1v) is 20.0. The maximum absolute atomic E-state index is 5.29. The van der Waals surface area contributed by atoms with E-state index in [9.17, 15) is 0 Å². The molecular weight excluding hydrogens is 667 g/mol. The maximum Gasteiger partial charge on any atom is 0.145 e. The molecule has 270 valence electrons. The van der Waals surface area contributed by atoms with Gasteiger partial charge >= 0.3 is 0 Å². The topological polar surface area (TPSA) is 21.1 Å². The number of anilines is 3. The number of hydrogen-bond donors (Lipinski definition) is 0. The standard InChI is InChI=1S/C52H47N3/c1-3-5-34-52(35-6-4-2)47-25-14-13-24-45(47)46-33-32-44(37-48(46)52)55-50-27-16-15-26-49(50)53-51(55)39-30-28-38(29-31-39)40-18-17-23-43(36-40)54(41-19-9-7-10-20-41)42-21-11-8-12-22-42/h7-33,36-37H,3-6,34-35H2,1-2H3. The molecule has 0 unspecified atom stereocenters. The summed E-state index contributed by atoms with van der Waals surface area (Å²) in [5.74, 6) is 0.962. The number of imidazole rings is 1. The van der Waals surface area contributed by atoms with E-state index in [1.807, 2.05) is 0 Å². The number of hydrogen-bond acceptors (Lipinski definition) is 2. The van der Waals surface area contributed by atoms with Crippen molar-refractivity contribution in [1.29, 1.82) is 0 Å². The summed E-state index contributed by atoms with van der Waals surface area (Å²) in [6.07, 6.45) is 7.16. The van der Waals surface area contributed by atoms with E-state index in [0.29, 0.717) is 0 Å². The summed E-state index contributed by atoms with van der Waals surface area (Å²) in [4.78, 5) is 7.61. The first kappa shape index (κ1) is 34.6. The van der Waals surface area contributed by atoms with E-state index in [4.69, 9.17) is 4.98 Å². The second-order valence-corrected chi connectivity index (χ2v) is 15.0. The molecule has 1 aromatic heterocycles. The molecule has 3 heteroatoms. The number of unbranched alkanes of at least 4 members (excludes halogenated alkanes) is 2. The molecule has 9 rings (SSSR count). The Bertz CT molecular complexity index is 2520. The summed E-state index contributed by atoms with van der Waals surface area (Å²) in [6, 6.07) is 63.9. The lowest BCUT2D eigenvalue weighted by Crippen LogP contribution is -2.25. The van der Waals surface area contributed by atoms with Gasteiger partial charge in [0.2, 0.25) is 0 Å². The Hall–Kier alpha value is -6.19. The third-order valence-electron chi connectivity index (χ3n) is 11.6. The second-order valence-electron chi connectivity index (χ2n) is 15.0. The van der Waals surface area contributed by atoms with Crippen molar-refractivity contribution in [3.63, 3.8) is 0 Å². The molecule has 0 saturated heterocycles. The zero-order valence-corrected chi connectivity index (χ0v) is 31.8. The smallest absolute Gasteiger partial charge is 0.145 e. The second kappa shape index (κ2) is 14.9. The van der Waals surface area contributed by atoms with Gasteiger partial charge in [0.25, 0.3) is 0 Å². The fourth-order valence-electron chi connectivity index (χ4n) is 8.92. The highest BCUT2D eigenvalue weighted by Gasteiger charge is 2.42. The average Bonchev–Trinajstić information content (AvgIpc) is 3.77. The molecule has 0 bridgehead atoms. The van der Waals surface area contributed by atoms with Crippen molar-refractivity contribution in [2.75, 3.05) is 4.90 Å². The van der Waals surface area contributed by atoms with Gasteiger partial charge in [-0.25, -0.2) is 4.98 Å². The van der Waals surface area contributed by atoms with Gasteiger partial charge in [-0.3, -0.25) is 4.57 Å². The minimum atomic E-state index is 0.0251. The number of rotatable bonds is 12. The fourth-order valence-corrected chi connectivity index (χ4v) is 8.92. The summed E-state index contributed by atoms with van der Waals surface area (Å²) in [7, 11) is 0. The highest BCUT2D eigenvalue weighted by molar-refractivity contribution is 5.87. The highest BCUT2D eigenvalue weighted by Crippen LogP contribution is 2.54. The molecule has 0 spiro atoms. The largest absolute Gasteiger partial charge is 0.310 e. The van der Waals surface area contributed by atoms with Crippen molar-refractivity contribution in [3.8, 4) is 39.3 Å². The van der Waals surface area contributed by atoms with E-state index in [1.54, 1.807) is 0 Å². The Morgan fingerprint density at radius 2 is 1.09 bits per heavy atom.